The predicted molar refractivity (Wildman–Crippen MR) is 56.1 cm³/mol. The van der Waals surface area contributed by atoms with E-state index in [0.717, 1.165) is 19.3 Å². The highest BCUT2D eigenvalue weighted by molar-refractivity contribution is 5.87. The lowest BCUT2D eigenvalue weighted by molar-refractivity contribution is -0.147. The van der Waals surface area contributed by atoms with E-state index in [2.05, 4.69) is 6.58 Å². The molecule has 4 atom stereocenters. The summed E-state index contributed by atoms with van der Waals surface area (Å²) in [6.07, 6.45) is 3.12. The molecule has 2 aliphatic rings. The maximum Gasteiger partial charge on any atom is 0.333 e. The second-order valence-corrected chi connectivity index (χ2v) is 4.89. The molecule has 2 fully saturated rings. The van der Waals surface area contributed by atoms with Crippen LogP contribution in [-0.4, -0.2) is 23.8 Å². The Bertz CT molecular complexity index is 285. The Kier molecular flexibility index (Phi) is 2.83. The van der Waals surface area contributed by atoms with Gasteiger partial charge in [-0.2, -0.15) is 0 Å². The minimum absolute atomic E-state index is 0.0713. The normalized spacial score (nSPS) is 38.0. The Morgan fingerprint density at radius 3 is 2.60 bits per heavy atom. The Hall–Kier alpha value is -0.830. The summed E-state index contributed by atoms with van der Waals surface area (Å²) < 4.78 is 5.38. The quantitative estimate of drug-likeness (QED) is 0.567. The average molecular weight is 210 g/mol. The molecule has 3 heteroatoms. The number of ether oxygens (including phenoxy) is 1. The molecule has 0 saturated heterocycles. The van der Waals surface area contributed by atoms with Crippen LogP contribution in [0.4, 0.5) is 0 Å². The largest absolute Gasteiger partial charge is 0.459 e. The highest BCUT2D eigenvalue weighted by atomic mass is 16.5. The molecule has 3 nitrogen and oxygen atoms in total. The van der Waals surface area contributed by atoms with Gasteiger partial charge in [0.15, 0.2) is 0 Å². The van der Waals surface area contributed by atoms with E-state index in [9.17, 15) is 4.79 Å². The van der Waals surface area contributed by atoms with Crippen molar-refractivity contribution in [3.63, 3.8) is 0 Å². The van der Waals surface area contributed by atoms with Gasteiger partial charge in [-0.1, -0.05) is 6.58 Å². The van der Waals surface area contributed by atoms with Crippen LogP contribution in [0.1, 0.15) is 26.2 Å². The number of aliphatic hydroxyl groups is 1. The van der Waals surface area contributed by atoms with Crippen molar-refractivity contribution < 1.29 is 14.6 Å². The molecule has 2 rings (SSSR count). The zero-order valence-corrected chi connectivity index (χ0v) is 9.11. The zero-order valence-electron chi connectivity index (χ0n) is 9.11. The molecule has 2 bridgehead atoms. The summed E-state index contributed by atoms with van der Waals surface area (Å²) in [6, 6.07) is 0. The molecular weight excluding hydrogens is 192 g/mol. The molecule has 0 aromatic heterocycles. The van der Waals surface area contributed by atoms with Gasteiger partial charge in [-0.15, -0.1) is 0 Å². The van der Waals surface area contributed by atoms with Gasteiger partial charge < -0.3 is 9.84 Å². The number of fused-ring (bicyclic) bond motifs is 2. The number of hydrogen-bond donors (Lipinski definition) is 1. The molecule has 84 valence electrons. The maximum atomic E-state index is 11.4. The predicted octanol–water partition coefficient (Wildman–Crippen LogP) is 1.51. The van der Waals surface area contributed by atoms with E-state index in [1.807, 2.05) is 0 Å². The Labute approximate surface area is 90.1 Å². The van der Waals surface area contributed by atoms with Crippen molar-refractivity contribution in [2.45, 2.75) is 32.3 Å². The van der Waals surface area contributed by atoms with Gasteiger partial charge in [0, 0.05) is 12.2 Å². The molecule has 2 aliphatic carbocycles. The third-order valence-electron chi connectivity index (χ3n) is 3.78. The third kappa shape index (κ3) is 1.93. The summed E-state index contributed by atoms with van der Waals surface area (Å²) >= 11 is 0. The highest BCUT2D eigenvalue weighted by Gasteiger charge is 2.47. The van der Waals surface area contributed by atoms with Gasteiger partial charge in [0.2, 0.25) is 0 Å². The van der Waals surface area contributed by atoms with Crippen LogP contribution in [0.15, 0.2) is 12.2 Å². The fourth-order valence-corrected chi connectivity index (χ4v) is 2.95. The van der Waals surface area contributed by atoms with E-state index < -0.39 is 0 Å². The highest BCUT2D eigenvalue weighted by Crippen LogP contribution is 2.49. The van der Waals surface area contributed by atoms with Crippen LogP contribution in [0.2, 0.25) is 0 Å². The van der Waals surface area contributed by atoms with Gasteiger partial charge >= 0.3 is 5.97 Å². The smallest absolute Gasteiger partial charge is 0.333 e. The van der Waals surface area contributed by atoms with Crippen molar-refractivity contribution in [3.05, 3.63) is 12.2 Å². The average Bonchev–Trinajstić information content (AvgIpc) is 2.75. The molecule has 1 N–H and O–H groups in total. The van der Waals surface area contributed by atoms with E-state index in [4.69, 9.17) is 9.84 Å². The second-order valence-electron chi connectivity index (χ2n) is 4.89. The van der Waals surface area contributed by atoms with Crippen LogP contribution in [0.5, 0.6) is 0 Å². The fourth-order valence-electron chi connectivity index (χ4n) is 2.95. The van der Waals surface area contributed by atoms with Crippen molar-refractivity contribution in [2.75, 3.05) is 6.61 Å². The van der Waals surface area contributed by atoms with Crippen molar-refractivity contribution in [1.29, 1.82) is 0 Å². The topological polar surface area (TPSA) is 46.5 Å². The fraction of sp³-hybridized carbons (Fsp3) is 0.750. The summed E-state index contributed by atoms with van der Waals surface area (Å²) in [5.74, 6) is 1.20. The molecule has 4 unspecified atom stereocenters. The third-order valence-corrected chi connectivity index (χ3v) is 3.78. The minimum atomic E-state index is -0.270. The first-order valence-corrected chi connectivity index (χ1v) is 5.59. The molecular formula is C12H18O3. The van der Waals surface area contributed by atoms with Crippen molar-refractivity contribution >= 4 is 5.97 Å². The van der Waals surface area contributed by atoms with E-state index in [-0.39, 0.29) is 18.7 Å². The van der Waals surface area contributed by atoms with Gasteiger partial charge in [-0.25, -0.2) is 4.79 Å². The lowest BCUT2D eigenvalue weighted by atomic mass is 9.88. The summed E-state index contributed by atoms with van der Waals surface area (Å²) in [7, 11) is 0. The van der Waals surface area contributed by atoms with Crippen molar-refractivity contribution in [3.8, 4) is 0 Å². The van der Waals surface area contributed by atoms with E-state index in [1.165, 1.54) is 0 Å². The second kappa shape index (κ2) is 3.97. The number of carbonyl (C=O) groups excluding carboxylic acids is 1. The standard InChI is InChI=1S/C12H18O3/c1-7(2)12(14)15-11-5-8-3-9(11)4-10(8)6-13/h8-11,13H,1,3-6H2,2H3. The Morgan fingerprint density at radius 1 is 1.40 bits per heavy atom. The molecule has 0 heterocycles. The molecule has 0 aromatic carbocycles. The maximum absolute atomic E-state index is 11.4. The van der Waals surface area contributed by atoms with Gasteiger partial charge in [0.1, 0.15) is 6.10 Å². The van der Waals surface area contributed by atoms with Crippen LogP contribution >= 0.6 is 0 Å². The number of esters is 1. The first kappa shape index (κ1) is 10.7. The van der Waals surface area contributed by atoms with E-state index >= 15 is 0 Å². The van der Waals surface area contributed by atoms with Gasteiger partial charge in [0.25, 0.3) is 0 Å². The lowest BCUT2D eigenvalue weighted by Crippen LogP contribution is -2.28. The molecule has 2 saturated carbocycles. The Balaban J connectivity index is 1.89. The molecule has 0 aromatic rings. The van der Waals surface area contributed by atoms with Gasteiger partial charge in [0.05, 0.1) is 0 Å². The number of carbonyl (C=O) groups is 1. The Morgan fingerprint density at radius 2 is 2.13 bits per heavy atom. The zero-order chi connectivity index (χ0) is 11.0. The molecule has 15 heavy (non-hydrogen) atoms. The molecule has 0 radical (unpaired) electrons. The summed E-state index contributed by atoms with van der Waals surface area (Å²) in [6.45, 7) is 5.53. The first-order chi connectivity index (χ1) is 7.11. The monoisotopic (exact) mass is 210 g/mol. The van der Waals surface area contributed by atoms with Crippen molar-refractivity contribution in [1.82, 2.24) is 0 Å². The number of aliphatic hydroxyl groups excluding tert-OH is 1. The minimum Gasteiger partial charge on any atom is -0.459 e. The number of hydrogen-bond acceptors (Lipinski definition) is 3. The lowest BCUT2D eigenvalue weighted by Gasteiger charge is -2.26. The van der Waals surface area contributed by atoms with Crippen LogP contribution in [0, 0.1) is 17.8 Å². The van der Waals surface area contributed by atoms with Gasteiger partial charge in [-0.05, 0) is 43.9 Å². The SMILES string of the molecule is C=C(C)C(=O)OC1CC2CC1CC2CO. The summed E-state index contributed by atoms with van der Waals surface area (Å²) in [5, 5.41) is 9.12. The number of rotatable bonds is 3. The summed E-state index contributed by atoms with van der Waals surface area (Å²) in [5.41, 5.74) is 0.469. The van der Waals surface area contributed by atoms with Crippen LogP contribution < -0.4 is 0 Å². The summed E-state index contributed by atoms with van der Waals surface area (Å²) in [4.78, 5) is 11.4. The van der Waals surface area contributed by atoms with E-state index in [0.29, 0.717) is 23.3 Å². The first-order valence-electron chi connectivity index (χ1n) is 5.59. The molecule has 0 amide bonds. The van der Waals surface area contributed by atoms with E-state index in [1.54, 1.807) is 6.92 Å². The molecule has 0 aliphatic heterocycles. The van der Waals surface area contributed by atoms with Crippen LogP contribution in [0.25, 0.3) is 0 Å². The molecule has 0 spiro atoms. The van der Waals surface area contributed by atoms with Crippen LogP contribution in [-0.2, 0) is 9.53 Å². The van der Waals surface area contributed by atoms with Crippen molar-refractivity contribution in [2.24, 2.45) is 17.8 Å². The van der Waals surface area contributed by atoms with Gasteiger partial charge in [-0.3, -0.25) is 0 Å². The van der Waals surface area contributed by atoms with Crippen LogP contribution in [0.3, 0.4) is 0 Å².